The van der Waals surface area contributed by atoms with Crippen molar-refractivity contribution in [1.29, 1.82) is 0 Å². The summed E-state index contributed by atoms with van der Waals surface area (Å²) in [6.07, 6.45) is 0.487. The van der Waals surface area contributed by atoms with Crippen molar-refractivity contribution in [2.45, 2.75) is 25.9 Å². The lowest BCUT2D eigenvalue weighted by molar-refractivity contribution is -0.122. The summed E-state index contributed by atoms with van der Waals surface area (Å²) < 4.78 is 13.8. The maximum atomic E-state index is 13.8. The molecule has 1 fully saturated rings. The van der Waals surface area contributed by atoms with Gasteiger partial charge in [-0.1, -0.05) is 6.07 Å². The number of benzene rings is 1. The topological polar surface area (TPSA) is 66.6 Å². The highest BCUT2D eigenvalue weighted by Crippen LogP contribution is 2.31. The Labute approximate surface area is 112 Å². The second-order valence-electron chi connectivity index (χ2n) is 5.01. The van der Waals surface area contributed by atoms with E-state index in [0.717, 1.165) is 0 Å². The van der Waals surface area contributed by atoms with Crippen LogP contribution in [-0.2, 0) is 4.79 Å². The average Bonchev–Trinajstić information content (AvgIpc) is 2.38. The van der Waals surface area contributed by atoms with Gasteiger partial charge in [0.05, 0.1) is 6.10 Å². The van der Waals surface area contributed by atoms with Gasteiger partial charge in [0, 0.05) is 30.3 Å². The number of nitrogens with two attached hydrogens (primary N) is 1. The molecule has 3 N–H and O–H groups in total. The molecule has 2 rings (SSSR count). The van der Waals surface area contributed by atoms with Gasteiger partial charge in [-0.3, -0.25) is 4.79 Å². The molecule has 0 radical (unpaired) electrons. The Morgan fingerprint density at radius 1 is 1.47 bits per heavy atom. The Morgan fingerprint density at radius 3 is 2.63 bits per heavy atom. The molecule has 0 saturated carbocycles. The smallest absolute Gasteiger partial charge is 0.220 e. The number of hydrogen-bond donors (Lipinski definition) is 2. The lowest BCUT2D eigenvalue weighted by Gasteiger charge is -2.34. The van der Waals surface area contributed by atoms with Crippen LogP contribution in [0.15, 0.2) is 18.2 Å². The molecule has 1 amide bonds. The highest BCUT2D eigenvalue weighted by atomic mass is 19.1. The van der Waals surface area contributed by atoms with Crippen molar-refractivity contribution in [1.82, 2.24) is 0 Å². The van der Waals surface area contributed by atoms with Crippen molar-refractivity contribution in [3.8, 4) is 0 Å². The summed E-state index contributed by atoms with van der Waals surface area (Å²) in [5, 5.41) is 9.72. The van der Waals surface area contributed by atoms with E-state index < -0.39 is 11.9 Å². The van der Waals surface area contributed by atoms with Crippen LogP contribution >= 0.6 is 0 Å². The van der Waals surface area contributed by atoms with Crippen LogP contribution in [0.5, 0.6) is 0 Å². The van der Waals surface area contributed by atoms with Gasteiger partial charge in [-0.25, -0.2) is 4.39 Å². The molecule has 19 heavy (non-hydrogen) atoms. The van der Waals surface area contributed by atoms with E-state index in [4.69, 9.17) is 5.73 Å². The van der Waals surface area contributed by atoms with Gasteiger partial charge in [0.15, 0.2) is 0 Å². The first-order valence-corrected chi connectivity index (χ1v) is 6.51. The summed E-state index contributed by atoms with van der Waals surface area (Å²) in [4.78, 5) is 13.1. The summed E-state index contributed by atoms with van der Waals surface area (Å²) in [6, 6.07) is 4.79. The van der Waals surface area contributed by atoms with E-state index in [0.29, 0.717) is 37.2 Å². The van der Waals surface area contributed by atoms with Crippen molar-refractivity contribution < 1.29 is 14.3 Å². The Hall–Kier alpha value is -1.62. The zero-order valence-electron chi connectivity index (χ0n) is 11.0. The van der Waals surface area contributed by atoms with E-state index in [1.165, 1.54) is 6.07 Å². The van der Waals surface area contributed by atoms with Crippen LogP contribution in [-0.4, -0.2) is 24.1 Å². The second kappa shape index (κ2) is 5.57. The molecule has 1 aliphatic rings. The maximum Gasteiger partial charge on any atom is 0.220 e. The van der Waals surface area contributed by atoms with Gasteiger partial charge in [0.2, 0.25) is 5.91 Å². The summed E-state index contributed by atoms with van der Waals surface area (Å²) in [7, 11) is 0. The minimum absolute atomic E-state index is 0.0974. The van der Waals surface area contributed by atoms with Crippen LogP contribution < -0.4 is 10.6 Å². The summed E-state index contributed by atoms with van der Waals surface area (Å²) in [5.41, 5.74) is 6.32. The second-order valence-corrected chi connectivity index (χ2v) is 5.01. The van der Waals surface area contributed by atoms with Gasteiger partial charge in [0.1, 0.15) is 5.82 Å². The summed E-state index contributed by atoms with van der Waals surface area (Å²) in [6.45, 7) is 2.85. The van der Waals surface area contributed by atoms with Gasteiger partial charge in [-0.2, -0.15) is 0 Å². The lowest BCUT2D eigenvalue weighted by Crippen LogP contribution is -2.39. The molecule has 1 atom stereocenters. The third kappa shape index (κ3) is 2.87. The first-order valence-electron chi connectivity index (χ1n) is 6.51. The molecule has 5 heteroatoms. The maximum absolute atomic E-state index is 13.8. The van der Waals surface area contributed by atoms with Crippen LogP contribution in [0.4, 0.5) is 10.1 Å². The van der Waals surface area contributed by atoms with Gasteiger partial charge in [-0.05, 0) is 31.9 Å². The Morgan fingerprint density at radius 2 is 2.11 bits per heavy atom. The molecule has 1 aliphatic heterocycles. The molecule has 1 aromatic carbocycles. The van der Waals surface area contributed by atoms with Gasteiger partial charge >= 0.3 is 0 Å². The fourth-order valence-electron chi connectivity index (χ4n) is 2.62. The summed E-state index contributed by atoms with van der Waals surface area (Å²) >= 11 is 0. The van der Waals surface area contributed by atoms with Crippen LogP contribution in [0, 0.1) is 11.7 Å². The molecular weight excluding hydrogens is 247 g/mol. The van der Waals surface area contributed by atoms with E-state index in [9.17, 15) is 14.3 Å². The third-order valence-corrected chi connectivity index (χ3v) is 3.69. The molecule has 0 unspecified atom stereocenters. The van der Waals surface area contributed by atoms with Gasteiger partial charge in [-0.15, -0.1) is 0 Å². The monoisotopic (exact) mass is 266 g/mol. The molecular formula is C14H19FN2O2. The molecule has 4 nitrogen and oxygen atoms in total. The normalized spacial score (nSPS) is 18.4. The van der Waals surface area contributed by atoms with Crippen LogP contribution in [0.1, 0.15) is 31.4 Å². The number of hydrogen-bond acceptors (Lipinski definition) is 3. The standard InChI is InChI=1S/C14H19FN2O2/c1-9(18)13-11(15)3-2-4-12(13)17-7-5-10(6-8-17)14(16)19/h2-4,9-10,18H,5-8H2,1H3,(H2,16,19)/t9-/m0/s1. The predicted molar refractivity (Wildman–Crippen MR) is 71.2 cm³/mol. The van der Waals surface area contributed by atoms with E-state index in [-0.39, 0.29) is 11.8 Å². The van der Waals surface area contributed by atoms with E-state index in [1.54, 1.807) is 19.1 Å². The number of carbonyl (C=O) groups excluding carboxylic acids is 1. The van der Waals surface area contributed by atoms with Crippen LogP contribution in [0.25, 0.3) is 0 Å². The SMILES string of the molecule is C[C@H](O)c1c(F)cccc1N1CCC(C(N)=O)CC1. The number of amides is 1. The minimum Gasteiger partial charge on any atom is -0.389 e. The van der Waals surface area contributed by atoms with Crippen LogP contribution in [0.3, 0.4) is 0 Å². The quantitative estimate of drug-likeness (QED) is 0.873. The number of rotatable bonds is 3. The first kappa shape index (κ1) is 13.8. The molecule has 1 heterocycles. The highest BCUT2D eigenvalue weighted by Gasteiger charge is 2.26. The fraction of sp³-hybridized carbons (Fsp3) is 0.500. The van der Waals surface area contributed by atoms with E-state index in [1.807, 2.05) is 4.90 Å². The number of aliphatic hydroxyl groups is 1. The fourth-order valence-corrected chi connectivity index (χ4v) is 2.62. The number of primary amides is 1. The van der Waals surface area contributed by atoms with Crippen molar-refractivity contribution in [3.63, 3.8) is 0 Å². The Balaban J connectivity index is 2.20. The number of halogens is 1. The number of piperidine rings is 1. The Kier molecular flexibility index (Phi) is 4.04. The van der Waals surface area contributed by atoms with Crippen molar-refractivity contribution in [2.75, 3.05) is 18.0 Å². The molecule has 0 aromatic heterocycles. The molecule has 1 aromatic rings. The van der Waals surface area contributed by atoms with Crippen molar-refractivity contribution in [2.24, 2.45) is 11.7 Å². The van der Waals surface area contributed by atoms with Gasteiger partial charge < -0.3 is 15.7 Å². The minimum atomic E-state index is -0.856. The van der Waals surface area contributed by atoms with E-state index in [2.05, 4.69) is 0 Å². The Bertz CT molecular complexity index is 469. The van der Waals surface area contributed by atoms with Crippen LogP contribution in [0.2, 0.25) is 0 Å². The zero-order chi connectivity index (χ0) is 14.0. The zero-order valence-corrected chi connectivity index (χ0v) is 11.0. The molecule has 0 spiro atoms. The number of carbonyl (C=O) groups is 1. The van der Waals surface area contributed by atoms with Gasteiger partial charge in [0.25, 0.3) is 0 Å². The average molecular weight is 266 g/mol. The van der Waals surface area contributed by atoms with E-state index >= 15 is 0 Å². The molecule has 1 saturated heterocycles. The van der Waals surface area contributed by atoms with Crippen molar-refractivity contribution in [3.05, 3.63) is 29.6 Å². The summed E-state index contributed by atoms with van der Waals surface area (Å²) in [5.74, 6) is -0.765. The number of anilines is 1. The third-order valence-electron chi connectivity index (χ3n) is 3.69. The predicted octanol–water partition coefficient (Wildman–Crippen LogP) is 1.58. The lowest BCUT2D eigenvalue weighted by atomic mass is 9.95. The molecule has 104 valence electrons. The molecule has 0 bridgehead atoms. The van der Waals surface area contributed by atoms with Crippen molar-refractivity contribution >= 4 is 11.6 Å². The highest BCUT2D eigenvalue weighted by molar-refractivity contribution is 5.77. The first-order chi connectivity index (χ1) is 9.00. The molecule has 0 aliphatic carbocycles. The number of aliphatic hydroxyl groups excluding tert-OH is 1. The number of nitrogens with zero attached hydrogens (tertiary/aromatic N) is 1. The largest absolute Gasteiger partial charge is 0.389 e.